The van der Waals surface area contributed by atoms with E-state index in [2.05, 4.69) is 32.6 Å². The molecule has 0 aliphatic carbocycles. The summed E-state index contributed by atoms with van der Waals surface area (Å²) < 4.78 is 0. The van der Waals surface area contributed by atoms with Crippen LogP contribution in [0.5, 0.6) is 0 Å². The molecule has 1 fully saturated rings. The first-order chi connectivity index (χ1) is 15.9. The number of carbonyl (C=O) groups is 3. The van der Waals surface area contributed by atoms with Crippen molar-refractivity contribution in [3.63, 3.8) is 0 Å². The van der Waals surface area contributed by atoms with E-state index in [9.17, 15) is 24.6 Å². The normalized spacial score (nSPS) is 17.2. The predicted octanol–water partition coefficient (Wildman–Crippen LogP) is 0.209. The van der Waals surface area contributed by atoms with Gasteiger partial charge in [-0.05, 0) is 36.3 Å². The Hall–Kier alpha value is -2.53. The third-order valence-corrected chi connectivity index (χ3v) is 5.57. The molecule has 1 atom stereocenters. The first-order valence-corrected chi connectivity index (χ1v) is 11.2. The molecule has 1 unspecified atom stereocenters. The van der Waals surface area contributed by atoms with Crippen molar-refractivity contribution >= 4 is 41.3 Å². The van der Waals surface area contributed by atoms with Crippen LogP contribution < -0.4 is 5.32 Å². The summed E-state index contributed by atoms with van der Waals surface area (Å²) in [4.78, 5) is 43.3. The molecule has 1 aliphatic rings. The number of benzene rings is 1. The summed E-state index contributed by atoms with van der Waals surface area (Å²) >= 11 is 4.63. The Morgan fingerprint density at radius 2 is 1.52 bits per heavy atom. The molecule has 0 saturated carbocycles. The molecule has 10 nitrogen and oxygen atoms in total. The average Bonchev–Trinajstić information content (AvgIpc) is 2.85. The zero-order chi connectivity index (χ0) is 24.1. The second-order valence-electron chi connectivity index (χ2n) is 7.99. The lowest BCUT2D eigenvalue weighted by Gasteiger charge is -2.29. The number of carboxylic acids is 2. The largest absolute Gasteiger partial charge is 0.480 e. The van der Waals surface area contributed by atoms with Crippen molar-refractivity contribution in [3.8, 4) is 0 Å². The average molecular weight is 478 g/mol. The molecule has 2 rings (SSSR count). The summed E-state index contributed by atoms with van der Waals surface area (Å²) in [5.41, 5.74) is 1.80. The van der Waals surface area contributed by atoms with Gasteiger partial charge in [0.15, 0.2) is 0 Å². The number of aldehydes is 1. The number of carbonyl (C=O) groups excluding carboxylic acids is 1. The Morgan fingerprint density at radius 1 is 1.00 bits per heavy atom. The minimum absolute atomic E-state index is 0.0170. The topological polar surface area (TPSA) is 126 Å². The molecule has 0 amide bonds. The quantitative estimate of drug-likeness (QED) is 0.218. The summed E-state index contributed by atoms with van der Waals surface area (Å²) in [6.07, 6.45) is 1.51. The molecule has 3 N–H and O–H groups in total. The van der Waals surface area contributed by atoms with E-state index in [1.165, 1.54) is 0 Å². The Bertz CT molecular complexity index is 803. The van der Waals surface area contributed by atoms with Gasteiger partial charge in [-0.1, -0.05) is 12.1 Å². The summed E-state index contributed by atoms with van der Waals surface area (Å²) in [6.45, 7) is 4.11. The molecule has 11 heteroatoms. The Morgan fingerprint density at radius 3 is 1.97 bits per heavy atom. The van der Waals surface area contributed by atoms with E-state index in [1.807, 2.05) is 34.1 Å². The van der Waals surface area contributed by atoms with Gasteiger partial charge in [-0.2, -0.15) is 4.99 Å². The van der Waals surface area contributed by atoms with Gasteiger partial charge in [-0.25, -0.2) is 0 Å². The highest BCUT2D eigenvalue weighted by atomic mass is 32.1. The number of nitrogens with one attached hydrogen (secondary N) is 1. The van der Waals surface area contributed by atoms with Crippen LogP contribution >= 0.6 is 12.2 Å². The number of thiocarbonyl (C=S) groups is 1. The Labute approximate surface area is 198 Å². The number of hydrogen-bond acceptors (Lipinski definition) is 9. The molecule has 180 valence electrons. The Balaban J connectivity index is 2.09. The molecule has 1 aliphatic heterocycles. The number of hydrogen-bond donors (Lipinski definition) is 3. The van der Waals surface area contributed by atoms with Crippen LogP contribution in [0.1, 0.15) is 5.56 Å². The fourth-order valence-electron chi connectivity index (χ4n) is 3.84. The molecular weight excluding hydrogens is 446 g/mol. The fourth-order valence-corrected chi connectivity index (χ4v) is 3.94. The highest BCUT2D eigenvalue weighted by molar-refractivity contribution is 7.78. The summed E-state index contributed by atoms with van der Waals surface area (Å²) in [6, 6.07) is 7.63. The van der Waals surface area contributed by atoms with Crippen LogP contribution in [0.15, 0.2) is 29.3 Å². The summed E-state index contributed by atoms with van der Waals surface area (Å²) in [7, 11) is 0. The summed E-state index contributed by atoms with van der Waals surface area (Å²) in [5, 5.41) is 24.0. The molecule has 1 heterocycles. The van der Waals surface area contributed by atoms with Crippen LogP contribution in [0.25, 0.3) is 0 Å². The molecule has 0 bridgehead atoms. The first-order valence-electron chi connectivity index (χ1n) is 10.8. The van der Waals surface area contributed by atoms with Gasteiger partial charge < -0.3 is 20.3 Å². The van der Waals surface area contributed by atoms with Gasteiger partial charge in [0.1, 0.15) is 6.29 Å². The lowest BCUT2D eigenvalue weighted by molar-refractivity contribution is -0.140. The van der Waals surface area contributed by atoms with Crippen LogP contribution in [0.3, 0.4) is 0 Å². The maximum absolute atomic E-state index is 11.2. The standard InChI is InChI=1S/C22H31N5O5S/c28-12-5-23-20(13-18-1-3-19(4-2-18)24-17-33)14-25-6-8-26(15-21(29)30)10-11-27(9-7-25)16-22(31)32/h1-4,12,20,23H,5-11,13-16H2,(H,29,30)(H,31,32). The van der Waals surface area contributed by atoms with Gasteiger partial charge in [0.2, 0.25) is 0 Å². The van der Waals surface area contributed by atoms with Crippen LogP contribution in [-0.2, 0) is 20.8 Å². The predicted molar refractivity (Wildman–Crippen MR) is 127 cm³/mol. The number of isothiocyanates is 1. The minimum atomic E-state index is -0.905. The van der Waals surface area contributed by atoms with Gasteiger partial charge in [0.25, 0.3) is 0 Å². The Kier molecular flexibility index (Phi) is 11.8. The van der Waals surface area contributed by atoms with E-state index in [0.717, 1.165) is 17.5 Å². The second kappa shape index (κ2) is 14.6. The smallest absolute Gasteiger partial charge is 0.317 e. The van der Waals surface area contributed by atoms with E-state index < -0.39 is 11.9 Å². The zero-order valence-corrected chi connectivity index (χ0v) is 19.4. The van der Waals surface area contributed by atoms with Gasteiger partial charge in [-0.15, -0.1) is 0 Å². The van der Waals surface area contributed by atoms with Gasteiger partial charge in [0.05, 0.1) is 30.5 Å². The van der Waals surface area contributed by atoms with E-state index in [-0.39, 0.29) is 25.7 Å². The van der Waals surface area contributed by atoms with Crippen molar-refractivity contribution in [2.24, 2.45) is 4.99 Å². The van der Waals surface area contributed by atoms with Crippen LogP contribution in [-0.4, -0.2) is 120 Å². The monoisotopic (exact) mass is 477 g/mol. The lowest BCUT2D eigenvalue weighted by atomic mass is 10.0. The number of aliphatic imine (C=N–C) groups is 1. The van der Waals surface area contributed by atoms with Gasteiger partial charge in [-0.3, -0.25) is 24.3 Å². The van der Waals surface area contributed by atoms with Crippen molar-refractivity contribution in [1.82, 2.24) is 20.0 Å². The SMILES string of the molecule is O=CCNC(Cc1ccc(N=C=S)cc1)CN1CCN(CC(=O)O)CCN(CC(=O)O)CC1. The fraction of sp³-hybridized carbons (Fsp3) is 0.545. The highest BCUT2D eigenvalue weighted by Crippen LogP contribution is 2.14. The lowest BCUT2D eigenvalue weighted by Crippen LogP contribution is -2.46. The maximum atomic E-state index is 11.2. The van der Waals surface area contributed by atoms with Crippen molar-refractivity contribution in [2.75, 3.05) is 65.4 Å². The minimum Gasteiger partial charge on any atom is -0.480 e. The van der Waals surface area contributed by atoms with Crippen LogP contribution in [0.4, 0.5) is 5.69 Å². The van der Waals surface area contributed by atoms with E-state index in [1.54, 1.807) is 0 Å². The highest BCUT2D eigenvalue weighted by Gasteiger charge is 2.21. The van der Waals surface area contributed by atoms with E-state index >= 15 is 0 Å². The third kappa shape index (κ3) is 10.8. The van der Waals surface area contributed by atoms with Crippen LogP contribution in [0, 0.1) is 0 Å². The van der Waals surface area contributed by atoms with Gasteiger partial charge >= 0.3 is 11.9 Å². The van der Waals surface area contributed by atoms with Crippen LogP contribution in [0.2, 0.25) is 0 Å². The zero-order valence-electron chi connectivity index (χ0n) is 18.6. The molecule has 33 heavy (non-hydrogen) atoms. The number of aliphatic carboxylic acids is 2. The number of carboxylic acid groups (broad SMARTS) is 2. The molecule has 1 aromatic rings. The molecule has 0 aromatic heterocycles. The molecule has 1 saturated heterocycles. The molecule has 0 spiro atoms. The molecular formula is C22H31N5O5S. The number of rotatable bonds is 12. The van der Waals surface area contributed by atoms with Crippen molar-refractivity contribution in [3.05, 3.63) is 29.8 Å². The first kappa shape index (κ1) is 26.7. The number of nitrogens with zero attached hydrogens (tertiary/aromatic N) is 4. The second-order valence-corrected chi connectivity index (χ2v) is 8.17. The van der Waals surface area contributed by atoms with Crippen molar-refractivity contribution < 1.29 is 24.6 Å². The maximum Gasteiger partial charge on any atom is 0.317 e. The molecule has 1 aromatic carbocycles. The van der Waals surface area contributed by atoms with E-state index in [0.29, 0.717) is 52.2 Å². The summed E-state index contributed by atoms with van der Waals surface area (Å²) in [5.74, 6) is -1.81. The van der Waals surface area contributed by atoms with Crippen molar-refractivity contribution in [2.45, 2.75) is 12.5 Å². The van der Waals surface area contributed by atoms with Crippen molar-refractivity contribution in [1.29, 1.82) is 0 Å². The van der Waals surface area contributed by atoms with E-state index in [4.69, 9.17) is 0 Å². The third-order valence-electron chi connectivity index (χ3n) is 5.48. The molecule has 0 radical (unpaired) electrons. The van der Waals surface area contributed by atoms with Gasteiger partial charge in [0, 0.05) is 51.9 Å².